The molecule has 0 aromatic carbocycles. The molecule has 0 radical (unpaired) electrons. The number of hydrogen-bond acceptors (Lipinski definition) is 2. The van der Waals surface area contributed by atoms with E-state index in [1.807, 2.05) is 0 Å². The van der Waals surface area contributed by atoms with Crippen LogP contribution < -0.4 is 5.73 Å². The van der Waals surface area contributed by atoms with Crippen LogP contribution in [0.15, 0.2) is 0 Å². The van der Waals surface area contributed by atoms with Gasteiger partial charge in [0.25, 0.3) is 0 Å². The summed E-state index contributed by atoms with van der Waals surface area (Å²) < 4.78 is 6.15. The van der Waals surface area contributed by atoms with Gasteiger partial charge < -0.3 is 10.5 Å². The molecule has 3 aliphatic rings. The molecule has 2 heteroatoms. The molecule has 1 aliphatic heterocycles. The molecule has 0 aromatic heterocycles. The lowest BCUT2D eigenvalue weighted by molar-refractivity contribution is -0.120. The Bertz CT molecular complexity index is 250. The van der Waals surface area contributed by atoms with E-state index in [1.165, 1.54) is 64.2 Å². The van der Waals surface area contributed by atoms with E-state index in [2.05, 4.69) is 0 Å². The molecule has 2 N–H and O–H groups in total. The summed E-state index contributed by atoms with van der Waals surface area (Å²) in [7, 11) is 0. The van der Waals surface area contributed by atoms with Crippen molar-refractivity contribution in [3.63, 3.8) is 0 Å². The van der Waals surface area contributed by atoms with E-state index in [1.54, 1.807) is 0 Å². The van der Waals surface area contributed by atoms with Crippen LogP contribution in [0, 0.1) is 11.8 Å². The number of nitrogens with two attached hydrogens (primary N) is 1. The molecular formula is C15H27NO. The van der Waals surface area contributed by atoms with Crippen LogP contribution >= 0.6 is 0 Å². The Balaban J connectivity index is 1.57. The summed E-state index contributed by atoms with van der Waals surface area (Å²) in [6.07, 6.45) is 13.3. The van der Waals surface area contributed by atoms with Crippen LogP contribution in [0.2, 0.25) is 0 Å². The van der Waals surface area contributed by atoms with E-state index >= 15 is 0 Å². The van der Waals surface area contributed by atoms with Crippen molar-refractivity contribution < 1.29 is 4.74 Å². The summed E-state index contributed by atoms with van der Waals surface area (Å²) in [6, 6.07) is 0.449. The van der Waals surface area contributed by atoms with Crippen LogP contribution in [0.3, 0.4) is 0 Å². The van der Waals surface area contributed by atoms with Gasteiger partial charge in [0.2, 0.25) is 0 Å². The molecule has 2 nitrogen and oxygen atoms in total. The lowest BCUT2D eigenvalue weighted by atomic mass is 9.73. The van der Waals surface area contributed by atoms with E-state index in [9.17, 15) is 0 Å². The summed E-state index contributed by atoms with van der Waals surface area (Å²) >= 11 is 0. The molecule has 2 aliphatic carbocycles. The molecule has 17 heavy (non-hydrogen) atoms. The molecule has 3 fully saturated rings. The SMILES string of the molecule is NC(CC1CC1)C1CCOC2(CCCCC2)C1. The maximum absolute atomic E-state index is 6.42. The minimum absolute atomic E-state index is 0.238. The summed E-state index contributed by atoms with van der Waals surface area (Å²) in [5.41, 5.74) is 6.66. The zero-order valence-electron chi connectivity index (χ0n) is 11.0. The van der Waals surface area contributed by atoms with Crippen molar-refractivity contribution in [1.29, 1.82) is 0 Å². The van der Waals surface area contributed by atoms with Crippen LogP contribution in [-0.2, 0) is 4.74 Å². The van der Waals surface area contributed by atoms with Crippen molar-refractivity contribution in [2.75, 3.05) is 6.61 Å². The largest absolute Gasteiger partial charge is 0.375 e. The molecule has 2 saturated carbocycles. The molecule has 1 saturated heterocycles. The topological polar surface area (TPSA) is 35.2 Å². The van der Waals surface area contributed by atoms with Crippen molar-refractivity contribution >= 4 is 0 Å². The molecule has 2 atom stereocenters. The normalized spacial score (nSPS) is 34.8. The first-order valence-corrected chi connectivity index (χ1v) is 7.67. The Kier molecular flexibility index (Phi) is 3.45. The van der Waals surface area contributed by atoms with Gasteiger partial charge in [-0.25, -0.2) is 0 Å². The Morgan fingerprint density at radius 1 is 1.12 bits per heavy atom. The lowest BCUT2D eigenvalue weighted by Crippen LogP contribution is -2.46. The monoisotopic (exact) mass is 237 g/mol. The first kappa shape index (κ1) is 12.0. The third-order valence-electron chi connectivity index (χ3n) is 5.20. The molecule has 0 aromatic rings. The average molecular weight is 237 g/mol. The number of hydrogen-bond donors (Lipinski definition) is 1. The average Bonchev–Trinajstić information content (AvgIpc) is 3.14. The lowest BCUT2D eigenvalue weighted by Gasteiger charge is -2.45. The van der Waals surface area contributed by atoms with Gasteiger partial charge >= 0.3 is 0 Å². The zero-order chi connectivity index (χ0) is 11.7. The van der Waals surface area contributed by atoms with E-state index < -0.39 is 0 Å². The Hall–Kier alpha value is -0.0800. The highest BCUT2D eigenvalue weighted by Gasteiger charge is 2.40. The fourth-order valence-electron chi connectivity index (χ4n) is 3.91. The summed E-state index contributed by atoms with van der Waals surface area (Å²) in [5, 5.41) is 0. The number of rotatable bonds is 3. The Labute approximate surface area is 105 Å². The van der Waals surface area contributed by atoms with Crippen molar-refractivity contribution in [3.05, 3.63) is 0 Å². The predicted octanol–water partition coefficient (Wildman–Crippen LogP) is 3.24. The zero-order valence-corrected chi connectivity index (χ0v) is 11.0. The van der Waals surface area contributed by atoms with Crippen LogP contribution in [0.1, 0.15) is 64.2 Å². The first-order valence-electron chi connectivity index (χ1n) is 7.67. The summed E-state index contributed by atoms with van der Waals surface area (Å²) in [5.74, 6) is 1.71. The van der Waals surface area contributed by atoms with Crippen LogP contribution in [0.5, 0.6) is 0 Å². The molecule has 0 bridgehead atoms. The van der Waals surface area contributed by atoms with Gasteiger partial charge in [-0.3, -0.25) is 0 Å². The van der Waals surface area contributed by atoms with Gasteiger partial charge in [0.05, 0.1) is 5.60 Å². The van der Waals surface area contributed by atoms with E-state index in [0.717, 1.165) is 18.4 Å². The van der Waals surface area contributed by atoms with E-state index in [-0.39, 0.29) is 5.60 Å². The maximum Gasteiger partial charge on any atom is 0.0685 e. The van der Waals surface area contributed by atoms with E-state index in [0.29, 0.717) is 6.04 Å². The second kappa shape index (κ2) is 4.89. The minimum atomic E-state index is 0.238. The highest BCUT2D eigenvalue weighted by atomic mass is 16.5. The molecule has 98 valence electrons. The molecule has 2 unspecified atom stereocenters. The highest BCUT2D eigenvalue weighted by molar-refractivity contribution is 4.93. The fraction of sp³-hybridized carbons (Fsp3) is 1.00. The van der Waals surface area contributed by atoms with Gasteiger partial charge in [-0.15, -0.1) is 0 Å². The van der Waals surface area contributed by atoms with Gasteiger partial charge in [-0.05, 0) is 43.9 Å². The molecule has 0 amide bonds. The standard InChI is InChI=1S/C15H27NO/c16-14(10-12-4-5-12)13-6-9-17-15(11-13)7-2-1-3-8-15/h12-14H,1-11,16H2. The van der Waals surface area contributed by atoms with Crippen molar-refractivity contribution in [3.8, 4) is 0 Å². The third kappa shape index (κ3) is 2.85. The minimum Gasteiger partial charge on any atom is -0.375 e. The predicted molar refractivity (Wildman–Crippen MR) is 69.8 cm³/mol. The second-order valence-corrected chi connectivity index (χ2v) is 6.69. The van der Waals surface area contributed by atoms with Gasteiger partial charge in [-0.1, -0.05) is 32.1 Å². The summed E-state index contributed by atoms with van der Waals surface area (Å²) in [4.78, 5) is 0. The Morgan fingerprint density at radius 3 is 2.59 bits per heavy atom. The van der Waals surface area contributed by atoms with E-state index in [4.69, 9.17) is 10.5 Å². The van der Waals surface area contributed by atoms with Crippen molar-refractivity contribution in [2.45, 2.75) is 75.9 Å². The van der Waals surface area contributed by atoms with Crippen LogP contribution in [0.4, 0.5) is 0 Å². The highest BCUT2D eigenvalue weighted by Crippen LogP contribution is 2.43. The first-order chi connectivity index (χ1) is 8.27. The maximum atomic E-state index is 6.42. The van der Waals surface area contributed by atoms with Crippen molar-refractivity contribution in [1.82, 2.24) is 0 Å². The van der Waals surface area contributed by atoms with Crippen molar-refractivity contribution in [2.24, 2.45) is 17.6 Å². The quantitative estimate of drug-likeness (QED) is 0.818. The molecular weight excluding hydrogens is 210 g/mol. The summed E-state index contributed by atoms with van der Waals surface area (Å²) in [6.45, 7) is 0.961. The van der Waals surface area contributed by atoms with Gasteiger partial charge in [0.15, 0.2) is 0 Å². The molecule has 1 heterocycles. The van der Waals surface area contributed by atoms with Crippen LogP contribution in [-0.4, -0.2) is 18.2 Å². The smallest absolute Gasteiger partial charge is 0.0685 e. The van der Waals surface area contributed by atoms with Gasteiger partial charge in [0, 0.05) is 12.6 Å². The molecule has 1 spiro atoms. The fourth-order valence-corrected chi connectivity index (χ4v) is 3.91. The van der Waals surface area contributed by atoms with Gasteiger partial charge in [-0.2, -0.15) is 0 Å². The Morgan fingerprint density at radius 2 is 1.88 bits per heavy atom. The second-order valence-electron chi connectivity index (χ2n) is 6.69. The van der Waals surface area contributed by atoms with Crippen LogP contribution in [0.25, 0.3) is 0 Å². The number of ether oxygens (including phenoxy) is 1. The van der Waals surface area contributed by atoms with Gasteiger partial charge in [0.1, 0.15) is 0 Å². The third-order valence-corrected chi connectivity index (χ3v) is 5.20. The molecule has 3 rings (SSSR count).